The van der Waals surface area contributed by atoms with Crippen LogP contribution in [0.4, 0.5) is 16.6 Å². The quantitative estimate of drug-likeness (QED) is 0.152. The first-order valence-electron chi connectivity index (χ1n) is 12.6. The molecule has 0 unspecified atom stereocenters. The SMILES string of the molecule is CNCCCN(C)Cc1c[nH]c2ncnc(Nc3ccc(OCCN(C)c4nccs4)c(OCC(=O)O)c3)c12. The van der Waals surface area contributed by atoms with Gasteiger partial charge in [-0.3, -0.25) is 0 Å². The number of carbonyl (C=O) groups is 1. The topological polar surface area (TPSA) is 141 Å². The van der Waals surface area contributed by atoms with Crippen molar-refractivity contribution in [1.29, 1.82) is 0 Å². The van der Waals surface area contributed by atoms with Crippen LogP contribution in [0.1, 0.15) is 12.0 Å². The first-order valence-corrected chi connectivity index (χ1v) is 13.5. The van der Waals surface area contributed by atoms with E-state index in [0.717, 1.165) is 47.8 Å². The summed E-state index contributed by atoms with van der Waals surface area (Å²) >= 11 is 1.55. The number of carboxylic acids is 1. The number of likely N-dealkylation sites (N-methyl/N-ethyl adjacent to an activating group) is 1. The Morgan fingerprint density at radius 1 is 1.15 bits per heavy atom. The van der Waals surface area contributed by atoms with Crippen LogP contribution in [0.25, 0.3) is 11.0 Å². The number of aromatic amines is 1. The highest BCUT2D eigenvalue weighted by atomic mass is 32.1. The fraction of sp³-hybridized carbons (Fsp3) is 0.385. The maximum Gasteiger partial charge on any atom is 0.341 e. The van der Waals surface area contributed by atoms with Crippen LogP contribution in [0.5, 0.6) is 11.5 Å². The van der Waals surface area contributed by atoms with E-state index in [4.69, 9.17) is 14.6 Å². The van der Waals surface area contributed by atoms with E-state index in [0.29, 0.717) is 36.2 Å². The first kappa shape index (κ1) is 28.1. The van der Waals surface area contributed by atoms with Crippen LogP contribution in [0, 0.1) is 0 Å². The standard InChI is InChI=1S/C26H34N8O4S/c1-27-7-4-9-33(2)15-18-14-29-24-23(18)25(31-17-30-24)32-19-5-6-20(21(13-19)38-16-22(35)36)37-11-10-34(3)26-28-8-12-39-26/h5-6,8,12-14,17,27H,4,7,9-11,15-16H2,1-3H3,(H,35,36)(H2,29,30,31,32). The zero-order chi connectivity index (χ0) is 27.6. The Hall–Kier alpha value is -3.94. The molecule has 0 atom stereocenters. The van der Waals surface area contributed by atoms with Crippen LogP contribution in [0.15, 0.2) is 42.3 Å². The molecule has 0 aliphatic rings. The minimum Gasteiger partial charge on any atom is -0.488 e. The Morgan fingerprint density at radius 3 is 2.79 bits per heavy atom. The number of nitrogens with one attached hydrogen (secondary N) is 3. The van der Waals surface area contributed by atoms with Gasteiger partial charge in [-0.05, 0) is 51.3 Å². The van der Waals surface area contributed by atoms with Crippen LogP contribution in [-0.4, -0.2) is 89.9 Å². The third-order valence-electron chi connectivity index (χ3n) is 5.95. The van der Waals surface area contributed by atoms with Crippen molar-refractivity contribution in [1.82, 2.24) is 30.2 Å². The van der Waals surface area contributed by atoms with E-state index in [1.165, 1.54) is 6.33 Å². The molecular weight excluding hydrogens is 520 g/mol. The lowest BCUT2D eigenvalue weighted by molar-refractivity contribution is -0.139. The zero-order valence-electron chi connectivity index (χ0n) is 22.3. The van der Waals surface area contributed by atoms with Crippen molar-refractivity contribution in [3.8, 4) is 11.5 Å². The maximum absolute atomic E-state index is 11.2. The van der Waals surface area contributed by atoms with E-state index < -0.39 is 12.6 Å². The smallest absolute Gasteiger partial charge is 0.341 e. The number of aromatic nitrogens is 4. The summed E-state index contributed by atoms with van der Waals surface area (Å²) < 4.78 is 11.5. The molecule has 3 aromatic heterocycles. The number of rotatable bonds is 16. The summed E-state index contributed by atoms with van der Waals surface area (Å²) in [6.07, 6.45) is 6.26. The Kier molecular flexibility index (Phi) is 9.89. The van der Waals surface area contributed by atoms with E-state index in [9.17, 15) is 4.79 Å². The molecule has 0 aliphatic heterocycles. The van der Waals surface area contributed by atoms with Crippen molar-refractivity contribution in [2.75, 3.05) is 64.2 Å². The number of ether oxygens (including phenoxy) is 2. The minimum atomic E-state index is -1.07. The van der Waals surface area contributed by atoms with Gasteiger partial charge in [0.1, 0.15) is 24.4 Å². The molecule has 0 fully saturated rings. The number of nitrogens with zero attached hydrogens (tertiary/aromatic N) is 5. The number of anilines is 3. The average molecular weight is 555 g/mol. The molecule has 0 radical (unpaired) electrons. The Balaban J connectivity index is 1.50. The first-order chi connectivity index (χ1) is 18.9. The Labute approximate surface area is 231 Å². The number of H-pyrrole nitrogens is 1. The van der Waals surface area contributed by atoms with Crippen molar-refractivity contribution >= 4 is 45.0 Å². The maximum atomic E-state index is 11.2. The number of carboxylic acid groups (broad SMARTS) is 1. The molecular formula is C26H34N8O4S. The van der Waals surface area contributed by atoms with Crippen molar-refractivity contribution < 1.29 is 19.4 Å². The summed E-state index contributed by atoms with van der Waals surface area (Å²) in [5, 5.41) is 19.4. The predicted molar refractivity (Wildman–Crippen MR) is 153 cm³/mol. The molecule has 0 saturated heterocycles. The van der Waals surface area contributed by atoms with Gasteiger partial charge >= 0.3 is 5.97 Å². The van der Waals surface area contributed by atoms with E-state index in [1.807, 2.05) is 36.6 Å². The lowest BCUT2D eigenvalue weighted by Gasteiger charge is -2.18. The highest BCUT2D eigenvalue weighted by Gasteiger charge is 2.15. The molecule has 0 bridgehead atoms. The van der Waals surface area contributed by atoms with Gasteiger partial charge in [-0.15, -0.1) is 11.3 Å². The van der Waals surface area contributed by atoms with E-state index in [2.05, 4.69) is 42.5 Å². The van der Waals surface area contributed by atoms with Crippen LogP contribution in [0.3, 0.4) is 0 Å². The summed E-state index contributed by atoms with van der Waals surface area (Å²) in [5.74, 6) is 0.342. The van der Waals surface area contributed by atoms with E-state index >= 15 is 0 Å². The molecule has 0 aliphatic carbocycles. The number of benzene rings is 1. The lowest BCUT2D eigenvalue weighted by atomic mass is 10.2. The largest absolute Gasteiger partial charge is 0.488 e. The molecule has 12 nitrogen and oxygen atoms in total. The highest BCUT2D eigenvalue weighted by Crippen LogP contribution is 2.33. The van der Waals surface area contributed by atoms with Gasteiger partial charge < -0.3 is 40.0 Å². The van der Waals surface area contributed by atoms with Gasteiger partial charge in [-0.1, -0.05) is 0 Å². The molecule has 4 rings (SSSR count). The van der Waals surface area contributed by atoms with E-state index in [-0.39, 0.29) is 0 Å². The van der Waals surface area contributed by atoms with E-state index in [1.54, 1.807) is 29.7 Å². The lowest BCUT2D eigenvalue weighted by Crippen LogP contribution is -2.23. The number of fused-ring (bicyclic) bond motifs is 1. The van der Waals surface area contributed by atoms with Crippen molar-refractivity contribution in [2.24, 2.45) is 0 Å². The predicted octanol–water partition coefficient (Wildman–Crippen LogP) is 3.18. The molecule has 0 saturated carbocycles. The minimum absolute atomic E-state index is 0.322. The number of aliphatic carboxylic acids is 1. The summed E-state index contributed by atoms with van der Waals surface area (Å²) in [7, 11) is 5.98. The van der Waals surface area contributed by atoms with Crippen LogP contribution in [0.2, 0.25) is 0 Å². The van der Waals surface area contributed by atoms with Gasteiger partial charge in [-0.25, -0.2) is 19.7 Å². The third-order valence-corrected chi connectivity index (χ3v) is 6.83. The van der Waals surface area contributed by atoms with Crippen molar-refractivity contribution in [3.05, 3.63) is 47.9 Å². The van der Waals surface area contributed by atoms with Crippen LogP contribution in [-0.2, 0) is 11.3 Å². The number of hydrogen-bond donors (Lipinski definition) is 4. The molecule has 1 aromatic carbocycles. The summed E-state index contributed by atoms with van der Waals surface area (Å²) in [6.45, 7) is 3.13. The van der Waals surface area contributed by atoms with Gasteiger partial charge in [0.25, 0.3) is 0 Å². The molecule has 0 spiro atoms. The highest BCUT2D eigenvalue weighted by molar-refractivity contribution is 7.13. The molecule has 4 aromatic rings. The molecule has 13 heteroatoms. The summed E-state index contributed by atoms with van der Waals surface area (Å²) in [4.78, 5) is 31.8. The van der Waals surface area contributed by atoms with Crippen molar-refractivity contribution in [3.63, 3.8) is 0 Å². The second-order valence-electron chi connectivity index (χ2n) is 9.01. The van der Waals surface area contributed by atoms with Gasteiger partial charge in [0, 0.05) is 43.1 Å². The average Bonchev–Trinajstić information content (AvgIpc) is 3.60. The zero-order valence-corrected chi connectivity index (χ0v) is 23.1. The second kappa shape index (κ2) is 13.7. The second-order valence-corrected chi connectivity index (χ2v) is 9.88. The van der Waals surface area contributed by atoms with Gasteiger partial charge in [0.2, 0.25) is 0 Å². The Bertz CT molecular complexity index is 1350. The van der Waals surface area contributed by atoms with Gasteiger partial charge in [0.05, 0.1) is 11.9 Å². The molecule has 208 valence electrons. The number of hydrogen-bond acceptors (Lipinski definition) is 11. The van der Waals surface area contributed by atoms with Crippen molar-refractivity contribution in [2.45, 2.75) is 13.0 Å². The van der Waals surface area contributed by atoms with Gasteiger partial charge in [0.15, 0.2) is 23.2 Å². The molecule has 0 amide bonds. The fourth-order valence-electron chi connectivity index (χ4n) is 4.03. The number of thiazole rings is 1. The summed E-state index contributed by atoms with van der Waals surface area (Å²) in [5.41, 5.74) is 2.49. The summed E-state index contributed by atoms with van der Waals surface area (Å²) in [6, 6.07) is 5.32. The third kappa shape index (κ3) is 7.78. The van der Waals surface area contributed by atoms with Gasteiger partial charge in [-0.2, -0.15) is 0 Å². The van der Waals surface area contributed by atoms with Crippen LogP contribution < -0.4 is 25.0 Å². The van der Waals surface area contributed by atoms with Crippen LogP contribution >= 0.6 is 11.3 Å². The molecule has 3 heterocycles. The fourth-order valence-corrected chi connectivity index (χ4v) is 4.66. The molecule has 4 N–H and O–H groups in total. The normalized spacial score (nSPS) is 11.2. The Morgan fingerprint density at radius 2 is 2.03 bits per heavy atom. The monoisotopic (exact) mass is 554 g/mol. The molecule has 39 heavy (non-hydrogen) atoms.